The summed E-state index contributed by atoms with van der Waals surface area (Å²) in [4.78, 5) is 11.6. The van der Waals surface area contributed by atoms with Crippen molar-refractivity contribution < 1.29 is 18.0 Å². The summed E-state index contributed by atoms with van der Waals surface area (Å²) in [5, 5.41) is 0. The molecule has 0 unspecified atom stereocenters. The molecule has 0 aliphatic carbocycles. The molecule has 0 bridgehead atoms. The number of carbonyl (C=O) groups excluding carboxylic acids is 1. The van der Waals surface area contributed by atoms with Crippen molar-refractivity contribution >= 4 is 21.7 Å². The minimum Gasteiger partial charge on any atom is -0.294 e. The number of benzene rings is 1. The number of rotatable bonds is 4. The number of Topliss-reactive ketones (excluding diaryl/α,β-unsaturated/α-hetero) is 1. The fourth-order valence-electron chi connectivity index (χ4n) is 1.27. The van der Waals surface area contributed by atoms with E-state index in [0.717, 1.165) is 0 Å². The van der Waals surface area contributed by atoms with Gasteiger partial charge in [0.25, 0.3) is 0 Å². The van der Waals surface area contributed by atoms with Crippen LogP contribution in [0.4, 0.5) is 13.2 Å². The summed E-state index contributed by atoms with van der Waals surface area (Å²) in [6.45, 7) is 0. The molecule has 1 aromatic rings. The van der Waals surface area contributed by atoms with Gasteiger partial charge in [-0.1, -0.05) is 34.1 Å². The van der Waals surface area contributed by atoms with Crippen molar-refractivity contribution in [1.29, 1.82) is 0 Å². The molecular weight excluding hydrogens is 285 g/mol. The highest BCUT2D eigenvalue weighted by Crippen LogP contribution is 2.24. The molecule has 88 valence electrons. The van der Waals surface area contributed by atoms with E-state index in [0.29, 0.717) is 10.0 Å². The second kappa shape index (κ2) is 5.48. The minimum absolute atomic E-state index is 0.0812. The van der Waals surface area contributed by atoms with Gasteiger partial charge in [-0.15, -0.1) is 0 Å². The molecule has 0 N–H and O–H groups in total. The van der Waals surface area contributed by atoms with Crippen LogP contribution in [0.3, 0.4) is 0 Å². The van der Waals surface area contributed by atoms with Gasteiger partial charge in [-0.05, 0) is 12.5 Å². The van der Waals surface area contributed by atoms with E-state index in [-0.39, 0.29) is 18.6 Å². The number of hydrogen-bond acceptors (Lipinski definition) is 1. The second-order valence-corrected chi connectivity index (χ2v) is 4.23. The fourth-order valence-corrected chi connectivity index (χ4v) is 1.78. The molecule has 0 heterocycles. The fraction of sp³-hybridized carbons (Fsp3) is 0.364. The standard InChI is InChI=1S/C11H10BrF3O/c12-9-5-2-1-4-8(9)10(16)6-3-7-11(13,14)15/h1-2,4-5H,3,6-7H2. The number of ketones is 1. The summed E-state index contributed by atoms with van der Waals surface area (Å²) in [5.74, 6) is -0.267. The predicted octanol–water partition coefficient (Wildman–Crippen LogP) is 4.36. The number of hydrogen-bond donors (Lipinski definition) is 0. The molecule has 16 heavy (non-hydrogen) atoms. The van der Waals surface area contributed by atoms with E-state index in [4.69, 9.17) is 0 Å². The third kappa shape index (κ3) is 4.35. The first-order valence-electron chi connectivity index (χ1n) is 4.74. The van der Waals surface area contributed by atoms with Crippen molar-refractivity contribution in [3.8, 4) is 0 Å². The highest BCUT2D eigenvalue weighted by Gasteiger charge is 2.26. The lowest BCUT2D eigenvalue weighted by Crippen LogP contribution is -2.08. The molecule has 0 amide bonds. The van der Waals surface area contributed by atoms with Crippen LogP contribution in [0.15, 0.2) is 28.7 Å². The predicted molar refractivity (Wildman–Crippen MR) is 58.4 cm³/mol. The van der Waals surface area contributed by atoms with Crippen LogP contribution in [0.5, 0.6) is 0 Å². The van der Waals surface area contributed by atoms with Gasteiger partial charge < -0.3 is 0 Å². The van der Waals surface area contributed by atoms with E-state index in [9.17, 15) is 18.0 Å². The molecule has 0 atom stereocenters. The quantitative estimate of drug-likeness (QED) is 0.754. The van der Waals surface area contributed by atoms with Gasteiger partial charge in [0.15, 0.2) is 5.78 Å². The van der Waals surface area contributed by atoms with Crippen LogP contribution in [0.1, 0.15) is 29.6 Å². The van der Waals surface area contributed by atoms with Gasteiger partial charge in [0.1, 0.15) is 0 Å². The Kier molecular flexibility index (Phi) is 4.53. The summed E-state index contributed by atoms with van der Waals surface area (Å²) in [7, 11) is 0. The van der Waals surface area contributed by atoms with Crippen LogP contribution in [-0.4, -0.2) is 12.0 Å². The first kappa shape index (κ1) is 13.2. The average molecular weight is 295 g/mol. The van der Waals surface area contributed by atoms with Crippen LogP contribution in [-0.2, 0) is 0 Å². The normalized spacial score (nSPS) is 11.5. The summed E-state index contributed by atoms with van der Waals surface area (Å²) in [6, 6.07) is 6.72. The molecule has 0 aromatic heterocycles. The van der Waals surface area contributed by atoms with Crippen molar-refractivity contribution in [2.24, 2.45) is 0 Å². The van der Waals surface area contributed by atoms with E-state index in [1.807, 2.05) is 0 Å². The van der Waals surface area contributed by atoms with E-state index < -0.39 is 12.6 Å². The lowest BCUT2D eigenvalue weighted by Gasteiger charge is -2.06. The maximum Gasteiger partial charge on any atom is 0.389 e. The third-order valence-electron chi connectivity index (χ3n) is 2.04. The maximum absolute atomic E-state index is 11.9. The molecule has 1 nitrogen and oxygen atoms in total. The van der Waals surface area contributed by atoms with Gasteiger partial charge in [0.2, 0.25) is 0 Å². The molecule has 0 radical (unpaired) electrons. The molecule has 0 aliphatic heterocycles. The van der Waals surface area contributed by atoms with Crippen molar-refractivity contribution in [3.05, 3.63) is 34.3 Å². The van der Waals surface area contributed by atoms with Gasteiger partial charge in [-0.25, -0.2) is 0 Å². The van der Waals surface area contributed by atoms with Crippen molar-refractivity contribution in [3.63, 3.8) is 0 Å². The van der Waals surface area contributed by atoms with E-state index in [1.165, 1.54) is 0 Å². The first-order chi connectivity index (χ1) is 7.40. The molecule has 0 saturated carbocycles. The smallest absolute Gasteiger partial charge is 0.294 e. The Morgan fingerprint density at radius 1 is 1.25 bits per heavy atom. The maximum atomic E-state index is 11.9. The van der Waals surface area contributed by atoms with Crippen LogP contribution in [0.2, 0.25) is 0 Å². The molecule has 0 saturated heterocycles. The molecule has 0 aliphatic rings. The van der Waals surface area contributed by atoms with Crippen LogP contribution in [0.25, 0.3) is 0 Å². The zero-order valence-electron chi connectivity index (χ0n) is 8.35. The van der Waals surface area contributed by atoms with Crippen LogP contribution >= 0.6 is 15.9 Å². The minimum atomic E-state index is -4.19. The van der Waals surface area contributed by atoms with Crippen molar-refractivity contribution in [2.45, 2.75) is 25.4 Å². The molecular formula is C11H10BrF3O. The van der Waals surface area contributed by atoms with Crippen LogP contribution in [0, 0.1) is 0 Å². The molecule has 1 aromatic carbocycles. The second-order valence-electron chi connectivity index (χ2n) is 3.37. The number of carbonyl (C=O) groups is 1. The molecule has 1 rings (SSSR count). The zero-order chi connectivity index (χ0) is 12.2. The van der Waals surface area contributed by atoms with E-state index >= 15 is 0 Å². The van der Waals surface area contributed by atoms with E-state index in [1.54, 1.807) is 24.3 Å². The van der Waals surface area contributed by atoms with Gasteiger partial charge in [0.05, 0.1) is 0 Å². The number of alkyl halides is 3. The number of halogens is 4. The van der Waals surface area contributed by atoms with Gasteiger partial charge in [0, 0.05) is 22.9 Å². The molecule has 0 spiro atoms. The summed E-state index contributed by atoms with van der Waals surface area (Å²) in [5.41, 5.74) is 0.435. The van der Waals surface area contributed by atoms with Crippen LogP contribution < -0.4 is 0 Å². The first-order valence-corrected chi connectivity index (χ1v) is 5.54. The monoisotopic (exact) mass is 294 g/mol. The lowest BCUT2D eigenvalue weighted by atomic mass is 10.1. The van der Waals surface area contributed by atoms with Crippen molar-refractivity contribution in [1.82, 2.24) is 0 Å². The Bertz CT molecular complexity index is 374. The lowest BCUT2D eigenvalue weighted by molar-refractivity contribution is -0.135. The molecule has 5 heteroatoms. The Balaban J connectivity index is 2.51. The largest absolute Gasteiger partial charge is 0.389 e. The highest BCUT2D eigenvalue weighted by molar-refractivity contribution is 9.10. The summed E-state index contributed by atoms with van der Waals surface area (Å²) < 4.78 is 36.2. The van der Waals surface area contributed by atoms with E-state index in [2.05, 4.69) is 15.9 Å². The van der Waals surface area contributed by atoms with Gasteiger partial charge >= 0.3 is 6.18 Å². The summed E-state index contributed by atoms with van der Waals surface area (Å²) in [6.07, 6.45) is -5.34. The topological polar surface area (TPSA) is 17.1 Å². The highest BCUT2D eigenvalue weighted by atomic mass is 79.9. The Labute approximate surface area is 99.8 Å². The third-order valence-corrected chi connectivity index (χ3v) is 2.73. The molecule has 0 fully saturated rings. The Hall–Kier alpha value is -0.840. The van der Waals surface area contributed by atoms with Gasteiger partial charge in [-0.3, -0.25) is 4.79 Å². The zero-order valence-corrected chi connectivity index (χ0v) is 9.94. The van der Waals surface area contributed by atoms with Crippen molar-refractivity contribution in [2.75, 3.05) is 0 Å². The average Bonchev–Trinajstić information content (AvgIpc) is 2.16. The Morgan fingerprint density at radius 2 is 1.88 bits per heavy atom. The SMILES string of the molecule is O=C(CCCC(F)(F)F)c1ccccc1Br. The summed E-state index contributed by atoms with van der Waals surface area (Å²) >= 11 is 3.19. The Morgan fingerprint density at radius 3 is 2.44 bits per heavy atom. The van der Waals surface area contributed by atoms with Gasteiger partial charge in [-0.2, -0.15) is 13.2 Å².